The molecule has 7 heteroatoms. The van der Waals surface area contributed by atoms with Crippen LogP contribution in [0.25, 0.3) is 0 Å². The highest BCUT2D eigenvalue weighted by atomic mass is 35.5. The van der Waals surface area contributed by atoms with E-state index in [1.165, 1.54) is 0 Å². The van der Waals surface area contributed by atoms with E-state index in [9.17, 15) is 4.79 Å². The smallest absolute Gasteiger partial charge is 0.261 e. The number of amides is 1. The summed E-state index contributed by atoms with van der Waals surface area (Å²) in [5, 5.41) is 6.60. The normalized spacial score (nSPS) is 9.92. The second kappa shape index (κ2) is 7.61. The average molecular weight is 346 g/mol. The lowest BCUT2D eigenvalue weighted by molar-refractivity contribution is -0.378. The molecule has 24 heavy (non-hydrogen) atoms. The van der Waals surface area contributed by atoms with Gasteiger partial charge in [0.2, 0.25) is 6.20 Å². The molecule has 2 N–H and O–H groups in total. The molecular formula is C17H16ClN3O3. The number of nitrogens with one attached hydrogen (secondary N) is 2. The number of aromatic nitrogens is 2. The maximum atomic E-state index is 12.2. The Kier molecular flexibility index (Phi) is 5.55. The molecule has 6 nitrogen and oxygen atoms in total. The van der Waals surface area contributed by atoms with Crippen LogP contribution in [-0.4, -0.2) is 11.1 Å². The van der Waals surface area contributed by atoms with Crippen molar-refractivity contribution in [1.29, 1.82) is 0 Å². The number of halogens is 1. The Morgan fingerprint density at radius 2 is 1.92 bits per heavy atom. The first kappa shape index (κ1) is 17.5. The van der Waals surface area contributed by atoms with Crippen molar-refractivity contribution in [2.75, 3.05) is 5.32 Å². The molecule has 0 atom stereocenters. The molecule has 3 aromatic rings. The Hall–Kier alpha value is -2.86. The summed E-state index contributed by atoms with van der Waals surface area (Å²) in [7, 11) is 0. The zero-order valence-corrected chi connectivity index (χ0v) is 13.9. The van der Waals surface area contributed by atoms with E-state index in [0.29, 0.717) is 34.2 Å². The maximum absolute atomic E-state index is 12.2. The van der Waals surface area contributed by atoms with Gasteiger partial charge in [-0.3, -0.25) is 4.79 Å². The number of hydrogen-bond acceptors (Lipinski definition) is 4. The van der Waals surface area contributed by atoms with Crippen molar-refractivity contribution in [2.24, 2.45) is 0 Å². The molecular weight excluding hydrogens is 330 g/mol. The van der Waals surface area contributed by atoms with Crippen molar-refractivity contribution in [3.8, 4) is 11.5 Å². The van der Waals surface area contributed by atoms with E-state index in [-0.39, 0.29) is 18.3 Å². The molecule has 0 unspecified atom stereocenters. The van der Waals surface area contributed by atoms with E-state index >= 15 is 0 Å². The van der Waals surface area contributed by atoms with Crippen molar-refractivity contribution in [3.63, 3.8) is 0 Å². The van der Waals surface area contributed by atoms with Crippen molar-refractivity contribution < 1.29 is 31.4 Å². The molecule has 3 rings (SSSR count). The van der Waals surface area contributed by atoms with Crippen molar-refractivity contribution in [1.82, 2.24) is 5.16 Å². The van der Waals surface area contributed by atoms with Gasteiger partial charge in [0.15, 0.2) is 11.9 Å². The zero-order chi connectivity index (χ0) is 16.2. The Bertz CT molecular complexity index is 797. The first-order valence-electron chi connectivity index (χ1n) is 7.12. The van der Waals surface area contributed by atoms with Gasteiger partial charge in [-0.05, 0) is 44.2 Å². The monoisotopic (exact) mass is 345 g/mol. The zero-order valence-electron chi connectivity index (χ0n) is 13.2. The van der Waals surface area contributed by atoms with E-state index < -0.39 is 0 Å². The van der Waals surface area contributed by atoms with Crippen LogP contribution in [0.3, 0.4) is 0 Å². The van der Waals surface area contributed by atoms with Crippen LogP contribution in [0, 0.1) is 13.8 Å². The van der Waals surface area contributed by atoms with Crippen LogP contribution in [0.4, 0.5) is 5.69 Å². The highest BCUT2D eigenvalue weighted by Crippen LogP contribution is 2.22. The number of pyridine rings is 1. The van der Waals surface area contributed by atoms with Crippen LogP contribution in [-0.2, 0) is 0 Å². The maximum Gasteiger partial charge on any atom is 0.261 e. The van der Waals surface area contributed by atoms with Crippen LogP contribution in [0.2, 0.25) is 0 Å². The average Bonchev–Trinajstić information content (AvgIpc) is 2.89. The highest BCUT2D eigenvalue weighted by molar-refractivity contribution is 6.05. The first-order valence-corrected chi connectivity index (χ1v) is 7.12. The predicted molar refractivity (Wildman–Crippen MR) is 83.4 cm³/mol. The molecule has 0 aliphatic rings. The quantitative estimate of drug-likeness (QED) is 0.730. The van der Waals surface area contributed by atoms with E-state index in [4.69, 9.17) is 9.26 Å². The summed E-state index contributed by atoms with van der Waals surface area (Å²) in [5.74, 6) is 1.65. The Morgan fingerprint density at radius 3 is 2.50 bits per heavy atom. The number of aryl methyl sites for hydroxylation is 2. The van der Waals surface area contributed by atoms with Crippen LogP contribution in [0.1, 0.15) is 21.8 Å². The molecule has 2 aromatic heterocycles. The Morgan fingerprint density at radius 1 is 1.17 bits per heavy atom. The predicted octanol–water partition coefficient (Wildman–Crippen LogP) is 0.154. The highest BCUT2D eigenvalue weighted by Gasteiger charge is 2.17. The summed E-state index contributed by atoms with van der Waals surface area (Å²) in [6, 6.07) is 10.8. The summed E-state index contributed by atoms with van der Waals surface area (Å²) < 4.78 is 10.7. The van der Waals surface area contributed by atoms with Gasteiger partial charge >= 0.3 is 0 Å². The number of benzene rings is 1. The lowest BCUT2D eigenvalue weighted by Crippen LogP contribution is -3.00. The second-order valence-electron chi connectivity index (χ2n) is 5.02. The van der Waals surface area contributed by atoms with Gasteiger partial charge in [0.25, 0.3) is 5.91 Å². The molecule has 0 saturated carbocycles. The van der Waals surface area contributed by atoms with Crippen LogP contribution < -0.4 is 27.4 Å². The van der Waals surface area contributed by atoms with E-state index in [0.717, 1.165) is 0 Å². The fourth-order valence-corrected chi connectivity index (χ4v) is 2.18. The molecule has 0 aliphatic heterocycles. The summed E-state index contributed by atoms with van der Waals surface area (Å²) in [6.07, 6.45) is 3.56. The minimum Gasteiger partial charge on any atom is -1.00 e. The standard InChI is InChI=1S/C17H15N3O3.ClH/c1-11-16(12(2)23-20-11)17(21)19-13-5-7-14(8-6-13)22-15-4-3-9-18-10-15;/h3-10H,1-2H3,(H,19,21);1H. The second-order valence-corrected chi connectivity index (χ2v) is 5.02. The summed E-state index contributed by atoms with van der Waals surface area (Å²) in [5.41, 5.74) is 1.70. The number of nitrogens with zero attached hydrogens (tertiary/aromatic N) is 1. The number of H-pyrrole nitrogens is 1. The number of hydrogen-bond donors (Lipinski definition) is 1. The third kappa shape index (κ3) is 3.91. The topological polar surface area (TPSA) is 78.5 Å². The SMILES string of the molecule is Cc1noc(C)c1C(=O)Nc1ccc(Oc2ccc[nH+]c2)cc1.[Cl-]. The molecule has 1 amide bonds. The molecule has 0 radical (unpaired) electrons. The molecule has 2 heterocycles. The van der Waals surface area contributed by atoms with Crippen molar-refractivity contribution in [3.05, 3.63) is 65.8 Å². The third-order valence-corrected chi connectivity index (χ3v) is 3.29. The third-order valence-electron chi connectivity index (χ3n) is 3.29. The van der Waals surface area contributed by atoms with Gasteiger partial charge in [-0.25, -0.2) is 4.98 Å². The van der Waals surface area contributed by atoms with Gasteiger partial charge in [-0.15, -0.1) is 0 Å². The van der Waals surface area contributed by atoms with Gasteiger partial charge in [0, 0.05) is 11.8 Å². The van der Waals surface area contributed by atoms with Crippen molar-refractivity contribution in [2.45, 2.75) is 13.8 Å². The number of rotatable bonds is 4. The van der Waals surface area contributed by atoms with Gasteiger partial charge in [-0.1, -0.05) is 5.16 Å². The number of carbonyl (C=O) groups is 1. The molecule has 0 bridgehead atoms. The summed E-state index contributed by atoms with van der Waals surface area (Å²) in [4.78, 5) is 15.2. The molecule has 0 saturated heterocycles. The van der Waals surface area contributed by atoms with Gasteiger partial charge in [0.05, 0.1) is 5.69 Å². The minimum absolute atomic E-state index is 0. The fraction of sp³-hybridized carbons (Fsp3) is 0.118. The lowest BCUT2D eigenvalue weighted by atomic mass is 10.2. The van der Waals surface area contributed by atoms with Gasteiger partial charge in [-0.2, -0.15) is 0 Å². The largest absolute Gasteiger partial charge is 1.00 e. The van der Waals surface area contributed by atoms with Crippen molar-refractivity contribution >= 4 is 11.6 Å². The minimum atomic E-state index is -0.243. The lowest BCUT2D eigenvalue weighted by Gasteiger charge is -2.07. The fourth-order valence-electron chi connectivity index (χ4n) is 2.18. The molecule has 0 fully saturated rings. The van der Waals surface area contributed by atoms with E-state index in [2.05, 4.69) is 15.5 Å². The molecule has 0 aliphatic carbocycles. The van der Waals surface area contributed by atoms with E-state index in [1.54, 1.807) is 50.5 Å². The van der Waals surface area contributed by atoms with Gasteiger partial charge in [0.1, 0.15) is 17.1 Å². The van der Waals surface area contributed by atoms with Crippen LogP contribution in [0.5, 0.6) is 11.5 Å². The van der Waals surface area contributed by atoms with Crippen LogP contribution in [0.15, 0.2) is 53.3 Å². The summed E-state index contributed by atoms with van der Waals surface area (Å²) >= 11 is 0. The number of anilines is 1. The number of ether oxygens (including phenoxy) is 1. The first-order chi connectivity index (χ1) is 11.1. The number of aromatic amines is 1. The Labute approximate surface area is 145 Å². The van der Waals surface area contributed by atoms with E-state index in [1.807, 2.05) is 12.1 Å². The van der Waals surface area contributed by atoms with Crippen LogP contribution >= 0.6 is 0 Å². The summed E-state index contributed by atoms with van der Waals surface area (Å²) in [6.45, 7) is 3.45. The van der Waals surface area contributed by atoms with Gasteiger partial charge < -0.3 is 27.0 Å². The Balaban J connectivity index is 0.00000208. The number of carbonyl (C=O) groups excluding carboxylic acids is 1. The molecule has 1 aromatic carbocycles. The molecule has 124 valence electrons. The molecule has 0 spiro atoms.